The van der Waals surface area contributed by atoms with Gasteiger partial charge in [0.15, 0.2) is 0 Å². The van der Waals surface area contributed by atoms with Gasteiger partial charge in [-0.2, -0.15) is 5.10 Å². The van der Waals surface area contributed by atoms with Gasteiger partial charge in [-0.3, -0.25) is 9.78 Å². The third kappa shape index (κ3) is 2.57. The van der Waals surface area contributed by atoms with Crippen molar-refractivity contribution in [2.75, 3.05) is 7.11 Å². The van der Waals surface area contributed by atoms with E-state index >= 15 is 0 Å². The topological polar surface area (TPSA) is 96.6 Å². The highest BCUT2D eigenvalue weighted by molar-refractivity contribution is 6.41. The standard InChI is InChI=1S/C17H12BN5O2/c1-25-13-3-2-11-16(21-13)14(18)15(20-11)10-8-12(22-23-17(10)24)9-4-6-19-7-5-9/h2-8,20H,1H3,(H,23,24). The molecule has 0 aliphatic heterocycles. The number of nitrogens with zero attached hydrogens (tertiary/aromatic N) is 3. The summed E-state index contributed by atoms with van der Waals surface area (Å²) in [6.45, 7) is 0. The zero-order valence-corrected chi connectivity index (χ0v) is 13.3. The Labute approximate surface area is 143 Å². The van der Waals surface area contributed by atoms with Crippen LogP contribution in [-0.4, -0.2) is 40.1 Å². The fraction of sp³-hybridized carbons (Fsp3) is 0.0588. The van der Waals surface area contributed by atoms with Gasteiger partial charge in [-0.1, -0.05) is 0 Å². The molecule has 4 rings (SSSR count). The van der Waals surface area contributed by atoms with Crippen molar-refractivity contribution in [1.29, 1.82) is 0 Å². The van der Waals surface area contributed by atoms with Gasteiger partial charge in [-0.05, 0) is 29.7 Å². The average Bonchev–Trinajstić information content (AvgIpc) is 2.99. The van der Waals surface area contributed by atoms with Crippen LogP contribution < -0.4 is 15.8 Å². The first-order chi connectivity index (χ1) is 12.2. The number of hydrogen-bond acceptors (Lipinski definition) is 5. The number of aromatic nitrogens is 5. The summed E-state index contributed by atoms with van der Waals surface area (Å²) < 4.78 is 5.13. The molecule has 0 aliphatic carbocycles. The first-order valence-electron chi connectivity index (χ1n) is 7.50. The van der Waals surface area contributed by atoms with Crippen molar-refractivity contribution in [1.82, 2.24) is 25.1 Å². The van der Waals surface area contributed by atoms with Gasteiger partial charge >= 0.3 is 0 Å². The van der Waals surface area contributed by atoms with Crippen molar-refractivity contribution in [3.05, 3.63) is 53.1 Å². The lowest BCUT2D eigenvalue weighted by Crippen LogP contribution is -2.16. The first-order valence-corrected chi connectivity index (χ1v) is 7.50. The predicted octanol–water partition coefficient (Wildman–Crippen LogP) is 1.18. The number of hydrogen-bond donors (Lipinski definition) is 2. The summed E-state index contributed by atoms with van der Waals surface area (Å²) in [5.74, 6) is 0.450. The zero-order valence-electron chi connectivity index (χ0n) is 13.3. The van der Waals surface area contributed by atoms with Gasteiger partial charge in [0.1, 0.15) is 7.85 Å². The lowest BCUT2D eigenvalue weighted by Gasteiger charge is -2.04. The molecular weight excluding hydrogens is 317 g/mol. The lowest BCUT2D eigenvalue weighted by atomic mass is 9.92. The predicted molar refractivity (Wildman–Crippen MR) is 95.1 cm³/mol. The second-order valence-electron chi connectivity index (χ2n) is 5.40. The quantitative estimate of drug-likeness (QED) is 0.550. The summed E-state index contributed by atoms with van der Waals surface area (Å²) >= 11 is 0. The molecule has 0 amide bonds. The number of rotatable bonds is 3. The van der Waals surface area contributed by atoms with Gasteiger partial charge in [-0.25, -0.2) is 10.1 Å². The fourth-order valence-corrected chi connectivity index (χ4v) is 2.66. The minimum atomic E-state index is -0.344. The molecule has 25 heavy (non-hydrogen) atoms. The van der Waals surface area contributed by atoms with E-state index in [1.807, 2.05) is 12.1 Å². The first kappa shape index (κ1) is 15.1. The fourth-order valence-electron chi connectivity index (χ4n) is 2.66. The maximum atomic E-state index is 12.3. The van der Waals surface area contributed by atoms with E-state index in [1.165, 1.54) is 7.11 Å². The number of H-pyrrole nitrogens is 2. The van der Waals surface area contributed by atoms with Crippen LogP contribution in [0.1, 0.15) is 0 Å². The molecule has 4 aromatic heterocycles. The molecule has 0 bridgehead atoms. The number of methoxy groups -OCH3 is 1. The molecule has 4 aromatic rings. The van der Waals surface area contributed by atoms with Crippen LogP contribution in [0.5, 0.6) is 5.88 Å². The number of fused-ring (bicyclic) bond motifs is 1. The van der Waals surface area contributed by atoms with Crippen LogP contribution >= 0.6 is 0 Å². The van der Waals surface area contributed by atoms with E-state index in [4.69, 9.17) is 12.6 Å². The third-order valence-electron chi connectivity index (χ3n) is 3.91. The molecule has 0 saturated heterocycles. The summed E-state index contributed by atoms with van der Waals surface area (Å²) in [7, 11) is 7.75. The Kier molecular flexibility index (Phi) is 3.57. The maximum Gasteiger partial charge on any atom is 0.273 e. The van der Waals surface area contributed by atoms with Crippen LogP contribution in [0.3, 0.4) is 0 Å². The van der Waals surface area contributed by atoms with E-state index in [9.17, 15) is 4.79 Å². The highest BCUT2D eigenvalue weighted by Gasteiger charge is 2.15. The van der Waals surface area contributed by atoms with E-state index < -0.39 is 0 Å². The molecule has 7 nitrogen and oxygen atoms in total. The summed E-state index contributed by atoms with van der Waals surface area (Å²) in [4.78, 5) is 23.8. The smallest absolute Gasteiger partial charge is 0.273 e. The molecule has 0 aliphatic rings. The van der Waals surface area contributed by atoms with E-state index in [0.29, 0.717) is 33.8 Å². The van der Waals surface area contributed by atoms with E-state index in [1.54, 1.807) is 30.6 Å². The molecule has 8 heteroatoms. The molecular formula is C17H12BN5O2. The average molecular weight is 329 g/mol. The minimum absolute atomic E-state index is 0.344. The highest BCUT2D eigenvalue weighted by atomic mass is 16.5. The Balaban J connectivity index is 1.91. The number of nitrogens with one attached hydrogen (secondary N) is 2. The second-order valence-corrected chi connectivity index (χ2v) is 5.40. The minimum Gasteiger partial charge on any atom is -0.481 e. The van der Waals surface area contributed by atoms with Crippen LogP contribution in [0.4, 0.5) is 0 Å². The van der Waals surface area contributed by atoms with Crippen molar-refractivity contribution in [2.24, 2.45) is 0 Å². The monoisotopic (exact) mass is 329 g/mol. The Morgan fingerprint density at radius 1 is 1.16 bits per heavy atom. The maximum absolute atomic E-state index is 12.3. The molecule has 2 N–H and O–H groups in total. The van der Waals surface area contributed by atoms with Crippen molar-refractivity contribution in [3.8, 4) is 28.4 Å². The molecule has 0 saturated carbocycles. The van der Waals surface area contributed by atoms with Crippen LogP contribution in [0.2, 0.25) is 0 Å². The van der Waals surface area contributed by atoms with Gasteiger partial charge in [-0.15, -0.1) is 0 Å². The molecule has 0 fully saturated rings. The van der Waals surface area contributed by atoms with Gasteiger partial charge in [0, 0.05) is 29.7 Å². The van der Waals surface area contributed by atoms with Crippen LogP contribution in [0.25, 0.3) is 33.5 Å². The van der Waals surface area contributed by atoms with Crippen molar-refractivity contribution in [2.45, 2.75) is 0 Å². The van der Waals surface area contributed by atoms with E-state index in [0.717, 1.165) is 11.1 Å². The normalized spacial score (nSPS) is 10.9. The summed E-state index contributed by atoms with van der Waals surface area (Å²) in [5, 5.41) is 6.60. The van der Waals surface area contributed by atoms with Crippen molar-refractivity contribution in [3.63, 3.8) is 0 Å². The molecule has 2 radical (unpaired) electrons. The second kappa shape index (κ2) is 5.90. The largest absolute Gasteiger partial charge is 0.481 e. The van der Waals surface area contributed by atoms with Crippen LogP contribution in [-0.2, 0) is 0 Å². The number of ether oxygens (including phenoxy) is 1. The SMILES string of the molecule is [B]c1c(-c2cc(-c3ccncc3)n[nH]c2=O)[nH]c2ccc(OC)nc12. The third-order valence-corrected chi connectivity index (χ3v) is 3.91. The number of pyridine rings is 2. The molecule has 0 unspecified atom stereocenters. The van der Waals surface area contributed by atoms with Crippen LogP contribution in [0.15, 0.2) is 47.5 Å². The zero-order chi connectivity index (χ0) is 17.4. The van der Waals surface area contributed by atoms with Crippen molar-refractivity contribution >= 4 is 24.3 Å². The Morgan fingerprint density at radius 2 is 1.96 bits per heavy atom. The molecule has 4 heterocycles. The van der Waals surface area contributed by atoms with Gasteiger partial charge in [0.25, 0.3) is 5.56 Å². The molecule has 0 aromatic carbocycles. The van der Waals surface area contributed by atoms with Gasteiger partial charge < -0.3 is 9.72 Å². The lowest BCUT2D eigenvalue weighted by molar-refractivity contribution is 0.399. The van der Waals surface area contributed by atoms with Gasteiger partial charge in [0.2, 0.25) is 5.88 Å². The highest BCUT2D eigenvalue weighted by Crippen LogP contribution is 2.22. The van der Waals surface area contributed by atoms with Crippen LogP contribution in [0, 0.1) is 0 Å². The summed E-state index contributed by atoms with van der Waals surface area (Å²) in [6.07, 6.45) is 3.32. The number of aromatic amines is 2. The van der Waals surface area contributed by atoms with E-state index in [2.05, 4.69) is 25.1 Å². The molecule has 0 spiro atoms. The van der Waals surface area contributed by atoms with Crippen molar-refractivity contribution < 1.29 is 4.74 Å². The Morgan fingerprint density at radius 3 is 2.72 bits per heavy atom. The summed E-state index contributed by atoms with van der Waals surface area (Å²) in [5.41, 5.74) is 3.63. The van der Waals surface area contributed by atoms with E-state index in [-0.39, 0.29) is 5.56 Å². The molecule has 120 valence electrons. The molecule has 0 atom stereocenters. The Bertz CT molecular complexity index is 1120. The Hall–Kier alpha value is -3.42. The summed E-state index contributed by atoms with van der Waals surface area (Å²) in [6, 6.07) is 8.84. The van der Waals surface area contributed by atoms with Gasteiger partial charge in [0.05, 0.1) is 29.4 Å².